The smallest absolute Gasteiger partial charge is 0.236 e. The van der Waals surface area contributed by atoms with Crippen molar-refractivity contribution in [1.82, 2.24) is 24.8 Å². The van der Waals surface area contributed by atoms with Gasteiger partial charge in [0.15, 0.2) is 5.65 Å². The molecular weight excluding hydrogens is 398 g/mol. The van der Waals surface area contributed by atoms with Gasteiger partial charge in [0.1, 0.15) is 0 Å². The Bertz CT molecular complexity index is 1070. The van der Waals surface area contributed by atoms with Gasteiger partial charge in [0, 0.05) is 54.2 Å². The molecule has 3 aromatic heterocycles. The first-order valence-corrected chi connectivity index (χ1v) is 11.8. The Morgan fingerprint density at radius 3 is 2.47 bits per heavy atom. The third kappa shape index (κ3) is 4.65. The van der Waals surface area contributed by atoms with E-state index in [1.54, 1.807) is 12.4 Å². The van der Waals surface area contributed by atoms with E-state index >= 15 is 0 Å². The van der Waals surface area contributed by atoms with E-state index < -0.39 is 0 Å². The molecule has 3 aromatic rings. The third-order valence-electron chi connectivity index (χ3n) is 7.08. The Labute approximate surface area is 189 Å². The minimum atomic E-state index is 0.299. The van der Waals surface area contributed by atoms with Gasteiger partial charge >= 0.3 is 0 Å². The van der Waals surface area contributed by atoms with Crippen LogP contribution in [0.15, 0.2) is 48.9 Å². The second kappa shape index (κ2) is 9.33. The van der Waals surface area contributed by atoms with Gasteiger partial charge in [-0.3, -0.25) is 14.7 Å². The maximum atomic E-state index is 12.7. The van der Waals surface area contributed by atoms with Gasteiger partial charge in [0.2, 0.25) is 5.91 Å². The molecule has 5 heterocycles. The fraction of sp³-hybridized carbons (Fsp3) is 0.462. The van der Waals surface area contributed by atoms with Crippen LogP contribution >= 0.6 is 0 Å². The zero-order valence-electron chi connectivity index (χ0n) is 18.8. The zero-order valence-corrected chi connectivity index (χ0v) is 18.8. The summed E-state index contributed by atoms with van der Waals surface area (Å²) < 4.78 is 0. The highest BCUT2D eigenvalue weighted by molar-refractivity contribution is 5.81. The lowest BCUT2D eigenvalue weighted by Crippen LogP contribution is -2.45. The van der Waals surface area contributed by atoms with E-state index in [0.717, 1.165) is 85.6 Å². The van der Waals surface area contributed by atoms with Crippen LogP contribution in [0.1, 0.15) is 44.2 Å². The number of piperidine rings is 2. The Kier molecular flexibility index (Phi) is 6.12. The monoisotopic (exact) mass is 429 g/mol. The van der Waals surface area contributed by atoms with Crippen LogP contribution in [0, 0.1) is 5.92 Å². The summed E-state index contributed by atoms with van der Waals surface area (Å²) in [5.41, 5.74) is 4.12. The molecule has 0 spiro atoms. The summed E-state index contributed by atoms with van der Waals surface area (Å²) >= 11 is 0. The first-order valence-electron chi connectivity index (χ1n) is 11.8. The summed E-state index contributed by atoms with van der Waals surface area (Å²) in [7, 11) is 0. The molecule has 6 nitrogen and oxygen atoms in total. The van der Waals surface area contributed by atoms with Gasteiger partial charge in [0.25, 0.3) is 0 Å². The van der Waals surface area contributed by atoms with Gasteiger partial charge in [0.05, 0.1) is 6.54 Å². The van der Waals surface area contributed by atoms with Crippen molar-refractivity contribution >= 4 is 16.9 Å². The van der Waals surface area contributed by atoms with Crippen LogP contribution in [0.4, 0.5) is 0 Å². The first-order chi connectivity index (χ1) is 15.7. The van der Waals surface area contributed by atoms with Crippen molar-refractivity contribution < 1.29 is 4.79 Å². The number of fused-ring (bicyclic) bond motifs is 1. The van der Waals surface area contributed by atoms with E-state index in [0.29, 0.717) is 18.4 Å². The molecular formula is C26H31N5O. The van der Waals surface area contributed by atoms with Crippen LogP contribution in [-0.4, -0.2) is 63.4 Å². The fourth-order valence-corrected chi connectivity index (χ4v) is 4.89. The maximum absolute atomic E-state index is 12.7. The standard InChI is InChI=1S/C26H31N5O/c1-19-6-14-31(15-7-19)25(32)18-30-12-8-21(9-13-30)24-3-2-22-16-23(17-28-26(22)29-24)20-4-10-27-11-5-20/h2-5,10-11,16-17,19,21H,6-9,12-15,18H2,1H3. The van der Waals surface area contributed by atoms with Gasteiger partial charge in [-0.15, -0.1) is 0 Å². The van der Waals surface area contributed by atoms with E-state index in [9.17, 15) is 4.79 Å². The molecule has 2 fully saturated rings. The zero-order chi connectivity index (χ0) is 21.9. The average molecular weight is 430 g/mol. The molecule has 32 heavy (non-hydrogen) atoms. The molecule has 2 aliphatic rings. The van der Waals surface area contributed by atoms with Gasteiger partial charge in [-0.05, 0) is 80.6 Å². The molecule has 166 valence electrons. The van der Waals surface area contributed by atoms with E-state index in [4.69, 9.17) is 4.98 Å². The number of hydrogen-bond donors (Lipinski definition) is 0. The number of pyridine rings is 3. The molecule has 0 aromatic carbocycles. The Morgan fingerprint density at radius 1 is 0.969 bits per heavy atom. The fourth-order valence-electron chi connectivity index (χ4n) is 4.89. The Hall–Kier alpha value is -2.86. The minimum Gasteiger partial charge on any atom is -0.342 e. The molecule has 0 atom stereocenters. The number of carbonyl (C=O) groups excluding carboxylic acids is 1. The SMILES string of the molecule is CC1CCN(C(=O)CN2CCC(c3ccc4cc(-c5ccncc5)cnc4n3)CC2)CC1. The van der Waals surface area contributed by atoms with Crippen molar-refractivity contribution in [2.24, 2.45) is 5.92 Å². The van der Waals surface area contributed by atoms with Gasteiger partial charge in [-0.1, -0.05) is 6.92 Å². The lowest BCUT2D eigenvalue weighted by atomic mass is 9.92. The predicted molar refractivity (Wildman–Crippen MR) is 126 cm³/mol. The van der Waals surface area contributed by atoms with Crippen LogP contribution in [0.2, 0.25) is 0 Å². The number of likely N-dealkylation sites (tertiary alicyclic amines) is 2. The Balaban J connectivity index is 1.20. The molecule has 0 aliphatic carbocycles. The lowest BCUT2D eigenvalue weighted by Gasteiger charge is -2.35. The van der Waals surface area contributed by atoms with E-state index in [2.05, 4.69) is 44.9 Å². The van der Waals surface area contributed by atoms with E-state index in [-0.39, 0.29) is 0 Å². The van der Waals surface area contributed by atoms with Crippen molar-refractivity contribution in [3.63, 3.8) is 0 Å². The molecule has 0 bridgehead atoms. The summed E-state index contributed by atoms with van der Waals surface area (Å²) in [5, 5.41) is 1.06. The highest BCUT2D eigenvalue weighted by Crippen LogP contribution is 2.29. The summed E-state index contributed by atoms with van der Waals surface area (Å²) in [6, 6.07) is 10.4. The van der Waals surface area contributed by atoms with Crippen molar-refractivity contribution in [1.29, 1.82) is 0 Å². The van der Waals surface area contributed by atoms with Crippen molar-refractivity contribution in [2.75, 3.05) is 32.7 Å². The van der Waals surface area contributed by atoms with Crippen molar-refractivity contribution in [3.8, 4) is 11.1 Å². The lowest BCUT2D eigenvalue weighted by molar-refractivity contribution is -0.134. The van der Waals surface area contributed by atoms with Crippen LogP contribution < -0.4 is 0 Å². The van der Waals surface area contributed by atoms with Crippen LogP contribution in [-0.2, 0) is 4.79 Å². The van der Waals surface area contributed by atoms with Gasteiger partial charge in [-0.2, -0.15) is 0 Å². The molecule has 1 amide bonds. The average Bonchev–Trinajstić information content (AvgIpc) is 2.85. The summed E-state index contributed by atoms with van der Waals surface area (Å²) in [4.78, 5) is 30.6. The van der Waals surface area contributed by atoms with Crippen molar-refractivity contribution in [3.05, 3.63) is 54.6 Å². The molecule has 6 heteroatoms. The Morgan fingerprint density at radius 2 is 1.72 bits per heavy atom. The highest BCUT2D eigenvalue weighted by atomic mass is 16.2. The van der Waals surface area contributed by atoms with Gasteiger partial charge in [-0.25, -0.2) is 9.97 Å². The number of carbonyl (C=O) groups is 1. The predicted octanol–water partition coefficient (Wildman–Crippen LogP) is 4.13. The molecule has 0 unspecified atom stereocenters. The third-order valence-corrected chi connectivity index (χ3v) is 7.08. The van der Waals surface area contributed by atoms with Crippen LogP contribution in [0.25, 0.3) is 22.2 Å². The number of amides is 1. The first kappa shape index (κ1) is 21.0. The number of rotatable bonds is 4. The molecule has 0 saturated carbocycles. The number of hydrogen-bond acceptors (Lipinski definition) is 5. The summed E-state index contributed by atoms with van der Waals surface area (Å²) in [6.07, 6.45) is 9.85. The van der Waals surface area contributed by atoms with Crippen molar-refractivity contribution in [2.45, 2.75) is 38.5 Å². The normalized spacial score (nSPS) is 18.8. The molecule has 2 saturated heterocycles. The maximum Gasteiger partial charge on any atom is 0.236 e. The summed E-state index contributed by atoms with van der Waals surface area (Å²) in [6.45, 7) is 6.60. The number of aromatic nitrogens is 3. The second-order valence-corrected chi connectivity index (χ2v) is 9.36. The second-order valence-electron chi connectivity index (χ2n) is 9.36. The van der Waals surface area contributed by atoms with E-state index in [1.807, 2.05) is 18.3 Å². The largest absolute Gasteiger partial charge is 0.342 e. The van der Waals surface area contributed by atoms with Gasteiger partial charge < -0.3 is 4.90 Å². The topological polar surface area (TPSA) is 62.2 Å². The van der Waals surface area contributed by atoms with Crippen LogP contribution in [0.3, 0.4) is 0 Å². The summed E-state index contributed by atoms with van der Waals surface area (Å²) in [5.74, 6) is 1.48. The van der Waals surface area contributed by atoms with Crippen LogP contribution in [0.5, 0.6) is 0 Å². The molecule has 0 radical (unpaired) electrons. The molecule has 2 aliphatic heterocycles. The molecule has 5 rings (SSSR count). The minimum absolute atomic E-state index is 0.299. The quantitative estimate of drug-likeness (QED) is 0.624. The molecule has 0 N–H and O–H groups in total. The van der Waals surface area contributed by atoms with E-state index in [1.165, 1.54) is 0 Å². The highest BCUT2D eigenvalue weighted by Gasteiger charge is 2.26. The number of nitrogens with zero attached hydrogens (tertiary/aromatic N) is 5.